The molecule has 0 unspecified atom stereocenters. The standard InChI is InChI=1S/C17H27ClN2O/c1-20(14-7-3-2-4-8-14)12-6-11-19-13-15-16(18)9-5-10-17(15)21/h5,9-10,14,19,21H,2-4,6-8,11-13H2,1H3. The summed E-state index contributed by atoms with van der Waals surface area (Å²) < 4.78 is 0. The van der Waals surface area contributed by atoms with E-state index in [0.717, 1.165) is 31.1 Å². The summed E-state index contributed by atoms with van der Waals surface area (Å²) in [6, 6.07) is 6.04. The summed E-state index contributed by atoms with van der Waals surface area (Å²) in [4.78, 5) is 2.51. The second-order valence-corrected chi connectivity index (χ2v) is 6.45. The molecule has 0 heterocycles. The summed E-state index contributed by atoms with van der Waals surface area (Å²) in [5.74, 6) is 0.273. The van der Waals surface area contributed by atoms with Crippen molar-refractivity contribution in [3.05, 3.63) is 28.8 Å². The van der Waals surface area contributed by atoms with E-state index >= 15 is 0 Å². The zero-order valence-corrected chi connectivity index (χ0v) is 13.7. The third-order valence-electron chi connectivity index (χ3n) is 4.46. The number of rotatable bonds is 7. The van der Waals surface area contributed by atoms with Gasteiger partial charge < -0.3 is 15.3 Å². The van der Waals surface area contributed by atoms with E-state index in [1.54, 1.807) is 12.1 Å². The van der Waals surface area contributed by atoms with Crippen LogP contribution in [-0.2, 0) is 6.54 Å². The third kappa shape index (κ3) is 5.17. The lowest BCUT2D eigenvalue weighted by Crippen LogP contribution is -2.35. The summed E-state index contributed by atoms with van der Waals surface area (Å²) >= 11 is 6.09. The summed E-state index contributed by atoms with van der Waals surface area (Å²) in [6.45, 7) is 2.70. The van der Waals surface area contributed by atoms with Gasteiger partial charge in [0.1, 0.15) is 5.75 Å². The van der Waals surface area contributed by atoms with Crippen molar-refractivity contribution in [1.29, 1.82) is 0 Å². The van der Waals surface area contributed by atoms with Crippen molar-refractivity contribution in [2.45, 2.75) is 51.1 Å². The van der Waals surface area contributed by atoms with Crippen LogP contribution < -0.4 is 5.32 Å². The maximum atomic E-state index is 9.77. The zero-order valence-electron chi connectivity index (χ0n) is 12.9. The number of halogens is 1. The molecule has 0 atom stereocenters. The molecule has 1 aliphatic carbocycles. The molecular formula is C17H27ClN2O. The first-order valence-corrected chi connectivity index (χ1v) is 8.43. The molecule has 0 bridgehead atoms. The molecule has 1 aromatic carbocycles. The summed E-state index contributed by atoms with van der Waals surface area (Å²) in [5, 5.41) is 13.8. The van der Waals surface area contributed by atoms with Gasteiger partial charge in [-0.2, -0.15) is 0 Å². The number of phenols is 1. The molecule has 3 nitrogen and oxygen atoms in total. The van der Waals surface area contributed by atoms with E-state index in [-0.39, 0.29) is 5.75 Å². The van der Waals surface area contributed by atoms with E-state index < -0.39 is 0 Å². The number of aromatic hydroxyl groups is 1. The van der Waals surface area contributed by atoms with E-state index in [1.165, 1.54) is 32.1 Å². The van der Waals surface area contributed by atoms with Gasteiger partial charge in [-0.3, -0.25) is 0 Å². The van der Waals surface area contributed by atoms with Gasteiger partial charge in [0, 0.05) is 23.2 Å². The van der Waals surface area contributed by atoms with Crippen LogP contribution in [0.3, 0.4) is 0 Å². The van der Waals surface area contributed by atoms with Gasteiger partial charge in [0.25, 0.3) is 0 Å². The second kappa shape index (κ2) is 8.62. The maximum Gasteiger partial charge on any atom is 0.121 e. The predicted octanol–water partition coefficient (Wildman–Crippen LogP) is 3.79. The van der Waals surface area contributed by atoms with Crippen LogP contribution in [0.1, 0.15) is 44.1 Å². The Morgan fingerprint density at radius 2 is 2.05 bits per heavy atom. The predicted molar refractivity (Wildman–Crippen MR) is 88.9 cm³/mol. The Morgan fingerprint density at radius 3 is 2.76 bits per heavy atom. The average molecular weight is 311 g/mol. The molecule has 1 saturated carbocycles. The average Bonchev–Trinajstić information content (AvgIpc) is 2.50. The summed E-state index contributed by atoms with van der Waals surface area (Å²) in [5.41, 5.74) is 0.791. The van der Waals surface area contributed by atoms with Gasteiger partial charge in [0.2, 0.25) is 0 Å². The summed E-state index contributed by atoms with van der Waals surface area (Å²) in [6.07, 6.45) is 8.03. The Bertz CT molecular complexity index is 413. The molecule has 2 N–H and O–H groups in total. The lowest BCUT2D eigenvalue weighted by atomic mass is 9.94. The van der Waals surface area contributed by atoms with Crippen molar-refractivity contribution in [3.8, 4) is 5.75 Å². The lowest BCUT2D eigenvalue weighted by Gasteiger charge is -2.31. The zero-order chi connectivity index (χ0) is 15.1. The quantitative estimate of drug-likeness (QED) is 0.752. The van der Waals surface area contributed by atoms with Crippen LogP contribution in [0.25, 0.3) is 0 Å². The molecule has 0 spiro atoms. The fraction of sp³-hybridized carbons (Fsp3) is 0.647. The van der Waals surface area contributed by atoms with Crippen LogP contribution in [-0.4, -0.2) is 36.2 Å². The number of benzene rings is 1. The van der Waals surface area contributed by atoms with E-state index in [2.05, 4.69) is 17.3 Å². The number of nitrogens with one attached hydrogen (secondary N) is 1. The second-order valence-electron chi connectivity index (χ2n) is 6.04. The fourth-order valence-electron chi connectivity index (χ4n) is 3.09. The van der Waals surface area contributed by atoms with Gasteiger partial charge in [-0.05, 0) is 51.5 Å². The summed E-state index contributed by atoms with van der Waals surface area (Å²) in [7, 11) is 2.25. The van der Waals surface area contributed by atoms with Gasteiger partial charge >= 0.3 is 0 Å². The largest absolute Gasteiger partial charge is 0.508 e. The Kier molecular flexibility index (Phi) is 6.81. The van der Waals surface area contributed by atoms with Crippen molar-refractivity contribution in [2.75, 3.05) is 20.1 Å². The van der Waals surface area contributed by atoms with E-state index in [0.29, 0.717) is 11.6 Å². The van der Waals surface area contributed by atoms with E-state index in [1.807, 2.05) is 6.07 Å². The molecular weight excluding hydrogens is 284 g/mol. The first-order valence-electron chi connectivity index (χ1n) is 8.06. The van der Waals surface area contributed by atoms with Gasteiger partial charge in [0.15, 0.2) is 0 Å². The number of phenolic OH excluding ortho intramolecular Hbond substituents is 1. The van der Waals surface area contributed by atoms with Crippen molar-refractivity contribution in [1.82, 2.24) is 10.2 Å². The highest BCUT2D eigenvalue weighted by atomic mass is 35.5. The topological polar surface area (TPSA) is 35.5 Å². The molecule has 0 radical (unpaired) electrons. The molecule has 118 valence electrons. The van der Waals surface area contributed by atoms with Crippen molar-refractivity contribution < 1.29 is 5.11 Å². The van der Waals surface area contributed by atoms with E-state index in [4.69, 9.17) is 11.6 Å². The third-order valence-corrected chi connectivity index (χ3v) is 4.81. The van der Waals surface area contributed by atoms with Crippen molar-refractivity contribution in [3.63, 3.8) is 0 Å². The van der Waals surface area contributed by atoms with Crippen molar-refractivity contribution >= 4 is 11.6 Å². The monoisotopic (exact) mass is 310 g/mol. The Hall–Kier alpha value is -0.770. The molecule has 0 saturated heterocycles. The minimum Gasteiger partial charge on any atom is -0.508 e. The van der Waals surface area contributed by atoms with Crippen LogP contribution in [0.2, 0.25) is 5.02 Å². The fourth-order valence-corrected chi connectivity index (χ4v) is 3.33. The molecule has 0 aliphatic heterocycles. The minimum absolute atomic E-state index is 0.273. The van der Waals surface area contributed by atoms with Crippen molar-refractivity contribution in [2.24, 2.45) is 0 Å². The smallest absolute Gasteiger partial charge is 0.121 e. The van der Waals surface area contributed by atoms with Crippen LogP contribution in [0, 0.1) is 0 Å². The molecule has 0 amide bonds. The molecule has 4 heteroatoms. The van der Waals surface area contributed by atoms with Gasteiger partial charge in [0.05, 0.1) is 0 Å². The SMILES string of the molecule is CN(CCCNCc1c(O)cccc1Cl)C1CCCCC1. The lowest BCUT2D eigenvalue weighted by molar-refractivity contribution is 0.189. The van der Waals surface area contributed by atoms with Gasteiger partial charge in [-0.1, -0.05) is 36.9 Å². The highest BCUT2D eigenvalue weighted by Crippen LogP contribution is 2.25. The maximum absolute atomic E-state index is 9.77. The molecule has 0 aromatic heterocycles. The normalized spacial score (nSPS) is 16.5. The van der Waals surface area contributed by atoms with Gasteiger partial charge in [-0.15, -0.1) is 0 Å². The molecule has 1 aliphatic rings. The first-order chi connectivity index (χ1) is 10.2. The van der Waals surface area contributed by atoms with Crippen LogP contribution in [0.5, 0.6) is 5.75 Å². The Balaban J connectivity index is 1.63. The van der Waals surface area contributed by atoms with Crippen LogP contribution in [0.15, 0.2) is 18.2 Å². The highest BCUT2D eigenvalue weighted by Gasteiger charge is 2.17. The highest BCUT2D eigenvalue weighted by molar-refractivity contribution is 6.31. The number of hydrogen-bond acceptors (Lipinski definition) is 3. The van der Waals surface area contributed by atoms with Crippen LogP contribution >= 0.6 is 11.6 Å². The molecule has 21 heavy (non-hydrogen) atoms. The Morgan fingerprint density at radius 1 is 1.29 bits per heavy atom. The number of nitrogens with zero attached hydrogens (tertiary/aromatic N) is 1. The van der Waals surface area contributed by atoms with Crippen LogP contribution in [0.4, 0.5) is 0 Å². The molecule has 2 rings (SSSR count). The van der Waals surface area contributed by atoms with Gasteiger partial charge in [-0.25, -0.2) is 0 Å². The Labute approximate surface area is 133 Å². The molecule has 1 fully saturated rings. The number of hydrogen-bond donors (Lipinski definition) is 2. The first kappa shape index (κ1) is 16.6. The molecule has 1 aromatic rings. The van der Waals surface area contributed by atoms with E-state index in [9.17, 15) is 5.11 Å². The minimum atomic E-state index is 0.273.